The molecule has 4 nitrogen and oxygen atoms in total. The summed E-state index contributed by atoms with van der Waals surface area (Å²) < 4.78 is 0. The fourth-order valence-corrected chi connectivity index (χ4v) is 3.15. The fourth-order valence-electron chi connectivity index (χ4n) is 2.01. The Morgan fingerprint density at radius 2 is 2.31 bits per heavy atom. The molecule has 0 unspecified atom stereocenters. The maximum absolute atomic E-state index is 11.5. The number of nitrogens with two attached hydrogens (primary N) is 1. The fraction of sp³-hybridized carbons (Fsp3) is 0.636. The molecular formula is C11H17N3OS. The molecule has 2 heterocycles. The first-order valence-electron chi connectivity index (χ1n) is 5.47. The van der Waals surface area contributed by atoms with Crippen LogP contribution in [0.15, 0.2) is 6.20 Å². The van der Waals surface area contributed by atoms with Crippen LogP contribution in [-0.4, -0.2) is 28.9 Å². The maximum Gasteiger partial charge on any atom is 0.224 e. The van der Waals surface area contributed by atoms with Gasteiger partial charge in [0.15, 0.2) is 0 Å². The van der Waals surface area contributed by atoms with Crippen molar-refractivity contribution in [3.63, 3.8) is 0 Å². The van der Waals surface area contributed by atoms with Crippen LogP contribution in [0, 0.1) is 0 Å². The first kappa shape index (κ1) is 11.5. The van der Waals surface area contributed by atoms with Gasteiger partial charge in [-0.3, -0.25) is 4.79 Å². The van der Waals surface area contributed by atoms with E-state index >= 15 is 0 Å². The van der Waals surface area contributed by atoms with Gasteiger partial charge in [-0.2, -0.15) is 0 Å². The molecular weight excluding hydrogens is 222 g/mol. The summed E-state index contributed by atoms with van der Waals surface area (Å²) in [6.07, 6.45) is 2.30. The number of nitrogens with zero attached hydrogens (tertiary/aromatic N) is 2. The largest absolute Gasteiger partial charge is 0.336 e. The molecule has 16 heavy (non-hydrogen) atoms. The minimum Gasteiger partial charge on any atom is -0.336 e. The zero-order chi connectivity index (χ0) is 11.9. The number of amides is 1. The van der Waals surface area contributed by atoms with E-state index in [2.05, 4.69) is 18.8 Å². The molecule has 1 saturated heterocycles. The number of likely N-dealkylation sites (tertiary alicyclic amines) is 1. The van der Waals surface area contributed by atoms with Crippen LogP contribution < -0.4 is 5.73 Å². The molecule has 1 aromatic heterocycles. The van der Waals surface area contributed by atoms with Crippen molar-refractivity contribution < 1.29 is 4.79 Å². The van der Waals surface area contributed by atoms with E-state index in [0.717, 1.165) is 9.88 Å². The lowest BCUT2D eigenvalue weighted by atomic mass is 10.1. The summed E-state index contributed by atoms with van der Waals surface area (Å²) in [4.78, 5) is 18.8. The summed E-state index contributed by atoms with van der Waals surface area (Å²) in [7, 11) is 1.81. The zero-order valence-corrected chi connectivity index (χ0v) is 10.6. The second-order valence-corrected chi connectivity index (χ2v) is 5.67. The summed E-state index contributed by atoms with van der Waals surface area (Å²) in [5, 5.41) is 1.11. The van der Waals surface area contributed by atoms with Gasteiger partial charge >= 0.3 is 0 Å². The molecule has 1 amide bonds. The molecule has 0 saturated carbocycles. The summed E-state index contributed by atoms with van der Waals surface area (Å²) >= 11 is 1.66. The van der Waals surface area contributed by atoms with Gasteiger partial charge in [0, 0.05) is 36.5 Å². The maximum atomic E-state index is 11.5. The zero-order valence-electron chi connectivity index (χ0n) is 9.80. The molecule has 88 valence electrons. The highest BCUT2D eigenvalue weighted by Gasteiger charge is 2.37. The van der Waals surface area contributed by atoms with E-state index in [4.69, 9.17) is 5.73 Å². The minimum absolute atomic E-state index is 0.0116. The molecule has 1 aliphatic heterocycles. The van der Waals surface area contributed by atoms with Gasteiger partial charge < -0.3 is 10.6 Å². The van der Waals surface area contributed by atoms with Gasteiger partial charge in [0.2, 0.25) is 5.91 Å². The number of carbonyl (C=O) groups excluding carboxylic acids is 1. The highest BCUT2D eigenvalue weighted by Crippen LogP contribution is 2.35. The highest BCUT2D eigenvalue weighted by molar-refractivity contribution is 7.11. The smallest absolute Gasteiger partial charge is 0.224 e. The van der Waals surface area contributed by atoms with Gasteiger partial charge in [-0.05, 0) is 0 Å². The van der Waals surface area contributed by atoms with Crippen LogP contribution in [0.5, 0.6) is 0 Å². The number of hydrogen-bond acceptors (Lipinski definition) is 4. The predicted molar refractivity (Wildman–Crippen MR) is 64.3 cm³/mol. The molecule has 5 heteroatoms. The molecule has 2 N–H and O–H groups in total. The van der Waals surface area contributed by atoms with Crippen LogP contribution in [0.1, 0.15) is 42.1 Å². The van der Waals surface area contributed by atoms with Crippen LogP contribution >= 0.6 is 11.3 Å². The van der Waals surface area contributed by atoms with Crippen molar-refractivity contribution in [2.75, 3.05) is 7.05 Å². The number of hydrogen-bond donors (Lipinski definition) is 1. The quantitative estimate of drug-likeness (QED) is 0.850. The van der Waals surface area contributed by atoms with Crippen molar-refractivity contribution in [3.8, 4) is 0 Å². The second kappa shape index (κ2) is 4.14. The van der Waals surface area contributed by atoms with Crippen LogP contribution in [0.3, 0.4) is 0 Å². The molecule has 2 atom stereocenters. The number of likely N-dealkylation sites (N-methyl/N-ethyl adjacent to an activating group) is 1. The first-order valence-corrected chi connectivity index (χ1v) is 6.29. The van der Waals surface area contributed by atoms with Crippen LogP contribution in [0.2, 0.25) is 0 Å². The second-order valence-electron chi connectivity index (χ2n) is 4.57. The van der Waals surface area contributed by atoms with Gasteiger partial charge in [0.1, 0.15) is 0 Å². The Labute approximate surface area is 99.5 Å². The molecule has 1 aromatic rings. The predicted octanol–water partition coefficient (Wildman–Crippen LogP) is 1.50. The molecule has 0 bridgehead atoms. The SMILES string of the molecule is CC(C)c1ncc([C@@H]2[C@@H](N)CC(=O)N2C)s1. The first-order chi connectivity index (χ1) is 7.50. The summed E-state index contributed by atoms with van der Waals surface area (Å²) in [5.41, 5.74) is 5.99. The van der Waals surface area contributed by atoms with E-state index < -0.39 is 0 Å². The third kappa shape index (κ3) is 1.85. The summed E-state index contributed by atoms with van der Waals surface area (Å²) in [6.45, 7) is 4.23. The van der Waals surface area contributed by atoms with Crippen LogP contribution in [-0.2, 0) is 4.79 Å². The van der Waals surface area contributed by atoms with E-state index in [9.17, 15) is 4.79 Å². The van der Waals surface area contributed by atoms with E-state index in [-0.39, 0.29) is 18.0 Å². The standard InChI is InChI=1S/C11H17N3OS/c1-6(2)11-13-5-8(16-11)10-7(12)4-9(15)14(10)3/h5-7,10H,4,12H2,1-3H3/t7-,10-/m0/s1. The van der Waals surface area contributed by atoms with Crippen molar-refractivity contribution in [2.24, 2.45) is 5.73 Å². The molecule has 0 aliphatic carbocycles. The third-order valence-corrected chi connectivity index (χ3v) is 4.32. The van der Waals surface area contributed by atoms with Gasteiger partial charge in [-0.1, -0.05) is 13.8 Å². The Bertz CT molecular complexity index is 402. The van der Waals surface area contributed by atoms with Crippen molar-refractivity contribution in [2.45, 2.75) is 38.3 Å². The van der Waals surface area contributed by atoms with Crippen molar-refractivity contribution >= 4 is 17.2 Å². The van der Waals surface area contributed by atoms with Gasteiger partial charge in [-0.15, -0.1) is 11.3 Å². The molecule has 1 fully saturated rings. The normalized spacial score (nSPS) is 25.8. The van der Waals surface area contributed by atoms with Crippen molar-refractivity contribution in [3.05, 3.63) is 16.1 Å². The molecule has 2 rings (SSSR count). The number of rotatable bonds is 2. The van der Waals surface area contributed by atoms with Crippen molar-refractivity contribution in [1.29, 1.82) is 0 Å². The van der Waals surface area contributed by atoms with Gasteiger partial charge in [0.05, 0.1) is 11.0 Å². The summed E-state index contributed by atoms with van der Waals surface area (Å²) in [5.74, 6) is 0.550. The molecule has 1 aliphatic rings. The minimum atomic E-state index is -0.0991. The Balaban J connectivity index is 2.26. The number of carbonyl (C=O) groups is 1. The Kier molecular flexibility index (Phi) is 2.99. The Hall–Kier alpha value is -0.940. The van der Waals surface area contributed by atoms with Crippen LogP contribution in [0.25, 0.3) is 0 Å². The van der Waals surface area contributed by atoms with Gasteiger partial charge in [-0.25, -0.2) is 4.98 Å². The monoisotopic (exact) mass is 239 g/mol. The van der Waals surface area contributed by atoms with E-state index in [1.54, 1.807) is 16.2 Å². The lowest BCUT2D eigenvalue weighted by Gasteiger charge is -2.20. The van der Waals surface area contributed by atoms with E-state index in [0.29, 0.717) is 12.3 Å². The lowest BCUT2D eigenvalue weighted by molar-refractivity contribution is -0.127. The molecule has 0 aromatic carbocycles. The Morgan fingerprint density at radius 3 is 2.75 bits per heavy atom. The van der Waals surface area contributed by atoms with Crippen LogP contribution in [0.4, 0.5) is 0 Å². The molecule has 0 spiro atoms. The number of thiazole rings is 1. The topological polar surface area (TPSA) is 59.2 Å². The summed E-state index contributed by atoms with van der Waals surface area (Å²) in [6, 6.07) is -0.0875. The highest BCUT2D eigenvalue weighted by atomic mass is 32.1. The average molecular weight is 239 g/mol. The third-order valence-electron chi connectivity index (χ3n) is 2.95. The van der Waals surface area contributed by atoms with E-state index in [1.807, 2.05) is 13.2 Å². The molecule has 0 radical (unpaired) electrons. The van der Waals surface area contributed by atoms with E-state index in [1.165, 1.54) is 0 Å². The number of aromatic nitrogens is 1. The van der Waals surface area contributed by atoms with Gasteiger partial charge in [0.25, 0.3) is 0 Å². The lowest BCUT2D eigenvalue weighted by Crippen LogP contribution is -2.29. The van der Waals surface area contributed by atoms with Crippen molar-refractivity contribution in [1.82, 2.24) is 9.88 Å². The Morgan fingerprint density at radius 1 is 1.62 bits per heavy atom. The average Bonchev–Trinajstić information content (AvgIpc) is 2.74.